The van der Waals surface area contributed by atoms with Gasteiger partial charge in [-0.25, -0.2) is 0 Å². The van der Waals surface area contributed by atoms with Gasteiger partial charge < -0.3 is 19.9 Å². The van der Waals surface area contributed by atoms with Crippen molar-refractivity contribution in [2.75, 3.05) is 5.32 Å². The molecule has 2 rings (SSSR count). The zero-order valence-corrected chi connectivity index (χ0v) is 8.68. The number of hydrogen-bond donors (Lipinski definition) is 3. The molecule has 0 radical (unpaired) electrons. The zero-order chi connectivity index (χ0) is 11.4. The molecule has 0 bridgehead atoms. The minimum atomic E-state index is -0.0841. The summed E-state index contributed by atoms with van der Waals surface area (Å²) in [4.78, 5) is 0. The van der Waals surface area contributed by atoms with Crippen molar-refractivity contribution in [3.8, 4) is 5.75 Å². The number of aliphatic hydroxyl groups excluding tert-OH is 1. The molecule has 84 valence electrons. The molecule has 1 aromatic carbocycles. The normalized spacial score (nSPS) is 10.3. The van der Waals surface area contributed by atoms with Crippen LogP contribution in [0.3, 0.4) is 0 Å². The number of rotatable bonds is 4. The lowest BCUT2D eigenvalue weighted by Gasteiger charge is -2.03. The van der Waals surface area contributed by atoms with E-state index < -0.39 is 0 Å². The molecule has 2 aromatic rings. The van der Waals surface area contributed by atoms with Crippen molar-refractivity contribution >= 4 is 5.69 Å². The Labute approximate surface area is 93.2 Å². The second kappa shape index (κ2) is 4.72. The molecule has 4 heteroatoms. The fourth-order valence-corrected chi connectivity index (χ4v) is 1.37. The first kappa shape index (κ1) is 10.6. The maximum atomic E-state index is 9.10. The maximum Gasteiger partial charge on any atom is 0.129 e. The monoisotopic (exact) mass is 219 g/mol. The smallest absolute Gasteiger partial charge is 0.129 e. The third-order valence-electron chi connectivity index (χ3n) is 2.21. The summed E-state index contributed by atoms with van der Waals surface area (Å²) in [7, 11) is 0. The summed E-state index contributed by atoms with van der Waals surface area (Å²) in [5, 5.41) is 21.1. The Morgan fingerprint density at radius 2 is 1.69 bits per heavy atom. The van der Waals surface area contributed by atoms with Crippen LogP contribution in [0.4, 0.5) is 5.69 Å². The minimum Gasteiger partial charge on any atom is -0.508 e. The van der Waals surface area contributed by atoms with Crippen LogP contribution in [0.5, 0.6) is 5.75 Å². The van der Waals surface area contributed by atoms with Gasteiger partial charge in [0.1, 0.15) is 23.9 Å². The Bertz CT molecular complexity index is 448. The molecule has 0 unspecified atom stereocenters. The number of aromatic hydroxyl groups is 1. The van der Waals surface area contributed by atoms with Gasteiger partial charge in [0, 0.05) is 5.69 Å². The van der Waals surface area contributed by atoms with Gasteiger partial charge in [0.15, 0.2) is 0 Å². The van der Waals surface area contributed by atoms with E-state index in [0.29, 0.717) is 12.3 Å². The highest BCUT2D eigenvalue weighted by Gasteiger charge is 2.00. The highest BCUT2D eigenvalue weighted by Crippen LogP contribution is 2.15. The highest BCUT2D eigenvalue weighted by molar-refractivity contribution is 5.46. The maximum absolute atomic E-state index is 9.10. The van der Waals surface area contributed by atoms with Crippen LogP contribution in [-0.4, -0.2) is 10.2 Å². The lowest BCUT2D eigenvalue weighted by atomic mass is 10.3. The van der Waals surface area contributed by atoms with Crippen molar-refractivity contribution in [3.05, 3.63) is 47.9 Å². The Morgan fingerprint density at radius 3 is 2.31 bits per heavy atom. The average Bonchev–Trinajstić information content (AvgIpc) is 2.76. The lowest BCUT2D eigenvalue weighted by Crippen LogP contribution is -1.97. The predicted octanol–water partition coefficient (Wildman–Crippen LogP) is 2.09. The fraction of sp³-hybridized carbons (Fsp3) is 0.167. The molecular weight excluding hydrogens is 206 g/mol. The van der Waals surface area contributed by atoms with Crippen molar-refractivity contribution in [1.29, 1.82) is 0 Å². The topological polar surface area (TPSA) is 65.6 Å². The van der Waals surface area contributed by atoms with Crippen molar-refractivity contribution in [1.82, 2.24) is 0 Å². The summed E-state index contributed by atoms with van der Waals surface area (Å²) in [5.74, 6) is 1.56. The van der Waals surface area contributed by atoms with Gasteiger partial charge in [-0.15, -0.1) is 0 Å². The van der Waals surface area contributed by atoms with E-state index in [0.717, 1.165) is 11.4 Å². The van der Waals surface area contributed by atoms with Gasteiger partial charge in [-0.1, -0.05) is 0 Å². The number of hydrogen-bond acceptors (Lipinski definition) is 4. The van der Waals surface area contributed by atoms with Crippen LogP contribution in [0.2, 0.25) is 0 Å². The SMILES string of the molecule is OCc1ccc(CNc2ccc(O)cc2)o1. The zero-order valence-electron chi connectivity index (χ0n) is 8.68. The molecule has 0 amide bonds. The second-order valence-electron chi connectivity index (χ2n) is 3.43. The summed E-state index contributed by atoms with van der Waals surface area (Å²) in [6, 6.07) is 10.4. The molecule has 0 aliphatic rings. The van der Waals surface area contributed by atoms with E-state index in [9.17, 15) is 0 Å². The van der Waals surface area contributed by atoms with Gasteiger partial charge in [-0.3, -0.25) is 0 Å². The van der Waals surface area contributed by atoms with Crippen molar-refractivity contribution in [3.63, 3.8) is 0 Å². The van der Waals surface area contributed by atoms with Gasteiger partial charge >= 0.3 is 0 Å². The first-order chi connectivity index (χ1) is 7.78. The summed E-state index contributed by atoms with van der Waals surface area (Å²) < 4.78 is 5.32. The molecule has 0 saturated carbocycles. The van der Waals surface area contributed by atoms with Crippen LogP contribution in [-0.2, 0) is 13.2 Å². The van der Waals surface area contributed by atoms with Crippen molar-refractivity contribution in [2.45, 2.75) is 13.2 Å². The Kier molecular flexibility index (Phi) is 3.12. The predicted molar refractivity (Wildman–Crippen MR) is 60.1 cm³/mol. The summed E-state index contributed by atoms with van der Waals surface area (Å²) >= 11 is 0. The molecule has 4 nitrogen and oxygen atoms in total. The van der Waals surface area contributed by atoms with Gasteiger partial charge in [-0.2, -0.15) is 0 Å². The van der Waals surface area contributed by atoms with E-state index in [-0.39, 0.29) is 12.4 Å². The van der Waals surface area contributed by atoms with Crippen LogP contribution in [0.1, 0.15) is 11.5 Å². The van der Waals surface area contributed by atoms with Crippen LogP contribution < -0.4 is 5.32 Å². The molecule has 3 N–H and O–H groups in total. The third-order valence-corrected chi connectivity index (χ3v) is 2.21. The largest absolute Gasteiger partial charge is 0.508 e. The summed E-state index contributed by atoms with van der Waals surface area (Å²) in [5.41, 5.74) is 0.903. The number of phenolic OH excluding ortho intramolecular Hbond substituents is 1. The van der Waals surface area contributed by atoms with E-state index in [2.05, 4.69) is 5.32 Å². The van der Waals surface area contributed by atoms with Crippen LogP contribution in [0.25, 0.3) is 0 Å². The molecule has 0 atom stereocenters. The van der Waals surface area contributed by atoms with Gasteiger partial charge in [0.05, 0.1) is 6.54 Å². The third kappa shape index (κ3) is 2.55. The molecule has 1 heterocycles. The molecule has 16 heavy (non-hydrogen) atoms. The van der Waals surface area contributed by atoms with E-state index in [1.54, 1.807) is 30.3 Å². The van der Waals surface area contributed by atoms with Crippen molar-refractivity contribution in [2.24, 2.45) is 0 Å². The van der Waals surface area contributed by atoms with Crippen molar-refractivity contribution < 1.29 is 14.6 Å². The van der Waals surface area contributed by atoms with E-state index in [1.807, 2.05) is 6.07 Å². The van der Waals surface area contributed by atoms with E-state index in [4.69, 9.17) is 14.6 Å². The molecular formula is C12H13NO3. The van der Waals surface area contributed by atoms with Crippen LogP contribution in [0.15, 0.2) is 40.8 Å². The first-order valence-corrected chi connectivity index (χ1v) is 4.99. The molecule has 1 aromatic heterocycles. The fourth-order valence-electron chi connectivity index (χ4n) is 1.37. The molecule has 0 fully saturated rings. The minimum absolute atomic E-state index is 0.0841. The number of anilines is 1. The Morgan fingerprint density at radius 1 is 1.00 bits per heavy atom. The number of benzene rings is 1. The Hall–Kier alpha value is -1.94. The lowest BCUT2D eigenvalue weighted by molar-refractivity contribution is 0.244. The van der Waals surface area contributed by atoms with Gasteiger partial charge in [-0.05, 0) is 36.4 Å². The number of nitrogens with one attached hydrogen (secondary N) is 1. The van der Waals surface area contributed by atoms with Crippen LogP contribution >= 0.6 is 0 Å². The molecule has 0 aliphatic heterocycles. The molecule has 0 saturated heterocycles. The summed E-state index contributed by atoms with van der Waals surface area (Å²) in [6.45, 7) is 0.462. The van der Waals surface area contributed by atoms with Gasteiger partial charge in [0.25, 0.3) is 0 Å². The number of phenols is 1. The average molecular weight is 219 g/mol. The first-order valence-electron chi connectivity index (χ1n) is 4.99. The van der Waals surface area contributed by atoms with Gasteiger partial charge in [0.2, 0.25) is 0 Å². The Balaban J connectivity index is 1.94. The standard InChI is InChI=1S/C12H13NO3/c14-8-12-6-5-11(16-12)7-13-9-1-3-10(15)4-2-9/h1-6,13-15H,7-8H2. The van der Waals surface area contributed by atoms with Crippen LogP contribution in [0, 0.1) is 0 Å². The molecule has 0 spiro atoms. The number of aliphatic hydroxyl groups is 1. The van der Waals surface area contributed by atoms with E-state index >= 15 is 0 Å². The second-order valence-corrected chi connectivity index (χ2v) is 3.43. The highest BCUT2D eigenvalue weighted by atomic mass is 16.4. The summed E-state index contributed by atoms with van der Waals surface area (Å²) in [6.07, 6.45) is 0. The van der Waals surface area contributed by atoms with E-state index in [1.165, 1.54) is 0 Å². The number of furan rings is 1. The quantitative estimate of drug-likeness (QED) is 0.689. The molecule has 0 aliphatic carbocycles.